The Kier molecular flexibility index (Phi) is 6.96. The Hall–Kier alpha value is -2.45. The Morgan fingerprint density at radius 1 is 1.20 bits per heavy atom. The molecule has 0 N–H and O–H groups in total. The van der Waals surface area contributed by atoms with Gasteiger partial charge >= 0.3 is 0 Å². The minimum atomic E-state index is 0.210. The second-order valence-corrected chi connectivity index (χ2v) is 7.91. The van der Waals surface area contributed by atoms with E-state index in [9.17, 15) is 4.79 Å². The molecule has 0 spiro atoms. The molecule has 162 valence electrons. The number of hydrogen-bond donors (Lipinski definition) is 0. The van der Waals surface area contributed by atoms with Crippen molar-refractivity contribution in [1.82, 2.24) is 19.9 Å². The lowest BCUT2D eigenvalue weighted by Gasteiger charge is -2.35. The maximum atomic E-state index is 12.5. The molecule has 2 saturated heterocycles. The Bertz CT molecular complexity index is 809. The van der Waals surface area contributed by atoms with Crippen LogP contribution < -0.4 is 4.74 Å². The highest BCUT2D eigenvalue weighted by atomic mass is 16.5. The average molecular weight is 415 g/mol. The van der Waals surface area contributed by atoms with Crippen LogP contribution in [0.5, 0.6) is 5.75 Å². The first kappa shape index (κ1) is 20.8. The summed E-state index contributed by atoms with van der Waals surface area (Å²) in [6.45, 7) is 5.35. The van der Waals surface area contributed by atoms with Crippen molar-refractivity contribution in [2.24, 2.45) is 0 Å². The Labute approximate surface area is 177 Å². The van der Waals surface area contributed by atoms with E-state index in [0.717, 1.165) is 57.1 Å². The molecule has 1 amide bonds. The van der Waals surface area contributed by atoms with Crippen LogP contribution in [0.4, 0.5) is 0 Å². The van der Waals surface area contributed by atoms with Gasteiger partial charge in [-0.25, -0.2) is 0 Å². The molecular formula is C22H30N4O4. The second-order valence-electron chi connectivity index (χ2n) is 7.91. The molecule has 4 rings (SSSR count). The van der Waals surface area contributed by atoms with E-state index in [1.807, 2.05) is 29.2 Å². The zero-order chi connectivity index (χ0) is 20.8. The molecule has 0 aliphatic carbocycles. The van der Waals surface area contributed by atoms with Gasteiger partial charge < -0.3 is 18.9 Å². The van der Waals surface area contributed by atoms with Gasteiger partial charge in [0, 0.05) is 57.7 Å². The number of aryl methyl sites for hydroxylation is 1. The first-order valence-electron chi connectivity index (χ1n) is 10.8. The molecule has 2 aliphatic rings. The summed E-state index contributed by atoms with van der Waals surface area (Å²) in [5, 5.41) is 4.04. The van der Waals surface area contributed by atoms with E-state index in [0.29, 0.717) is 37.1 Å². The smallest absolute Gasteiger partial charge is 0.226 e. The highest BCUT2D eigenvalue weighted by Gasteiger charge is 2.24. The van der Waals surface area contributed by atoms with E-state index in [1.165, 1.54) is 6.42 Å². The largest absolute Gasteiger partial charge is 0.497 e. The number of amides is 1. The molecule has 0 saturated carbocycles. The van der Waals surface area contributed by atoms with Crippen molar-refractivity contribution in [3.05, 3.63) is 30.2 Å². The standard InChI is InChI=1S/C22H30N4O4/c1-28-18-9-7-17(8-10-18)22-23-20(30-24-22)5-2-6-21(27)26-13-11-25(12-14-26)16-19-4-3-15-29-19/h7-10,19H,2-6,11-16H2,1H3. The van der Waals surface area contributed by atoms with Crippen LogP contribution in [0.1, 0.15) is 31.6 Å². The predicted molar refractivity (Wildman–Crippen MR) is 111 cm³/mol. The SMILES string of the molecule is COc1ccc(-c2noc(CCCC(=O)N3CCN(CC4CCCO4)CC3)n2)cc1. The van der Waals surface area contributed by atoms with E-state index in [-0.39, 0.29) is 5.91 Å². The fourth-order valence-electron chi connectivity index (χ4n) is 4.02. The lowest BCUT2D eigenvalue weighted by Crippen LogP contribution is -2.50. The highest BCUT2D eigenvalue weighted by molar-refractivity contribution is 5.76. The summed E-state index contributed by atoms with van der Waals surface area (Å²) in [7, 11) is 1.63. The Balaban J connectivity index is 1.17. The van der Waals surface area contributed by atoms with Gasteiger partial charge in [-0.05, 0) is 43.5 Å². The molecule has 1 aromatic heterocycles. The van der Waals surface area contributed by atoms with Crippen molar-refractivity contribution in [3.63, 3.8) is 0 Å². The fraction of sp³-hybridized carbons (Fsp3) is 0.591. The molecule has 1 aromatic carbocycles. The normalized spacial score (nSPS) is 19.9. The molecule has 0 bridgehead atoms. The van der Waals surface area contributed by atoms with Crippen LogP contribution in [0.3, 0.4) is 0 Å². The maximum Gasteiger partial charge on any atom is 0.226 e. The second kappa shape index (κ2) is 10.0. The van der Waals surface area contributed by atoms with Crippen LogP contribution in [-0.4, -0.2) is 78.4 Å². The number of aromatic nitrogens is 2. The van der Waals surface area contributed by atoms with Crippen molar-refractivity contribution in [2.75, 3.05) is 46.4 Å². The summed E-state index contributed by atoms with van der Waals surface area (Å²) in [5.74, 6) is 2.12. The summed E-state index contributed by atoms with van der Waals surface area (Å²) >= 11 is 0. The number of methoxy groups -OCH3 is 1. The molecule has 0 radical (unpaired) electrons. The van der Waals surface area contributed by atoms with Crippen molar-refractivity contribution in [1.29, 1.82) is 0 Å². The van der Waals surface area contributed by atoms with E-state index < -0.39 is 0 Å². The quantitative estimate of drug-likeness (QED) is 0.656. The molecular weight excluding hydrogens is 384 g/mol. The van der Waals surface area contributed by atoms with Crippen LogP contribution in [0.15, 0.2) is 28.8 Å². The van der Waals surface area contributed by atoms with Gasteiger partial charge in [0.25, 0.3) is 0 Å². The number of carbonyl (C=O) groups is 1. The monoisotopic (exact) mass is 414 g/mol. The molecule has 1 atom stereocenters. The number of benzene rings is 1. The summed E-state index contributed by atoms with van der Waals surface area (Å²) in [6.07, 6.45) is 4.53. The van der Waals surface area contributed by atoms with E-state index >= 15 is 0 Å². The minimum Gasteiger partial charge on any atom is -0.497 e. The van der Waals surface area contributed by atoms with E-state index in [4.69, 9.17) is 14.0 Å². The van der Waals surface area contributed by atoms with E-state index in [1.54, 1.807) is 7.11 Å². The van der Waals surface area contributed by atoms with Gasteiger partial charge in [0.05, 0.1) is 13.2 Å². The molecule has 2 aliphatic heterocycles. The van der Waals surface area contributed by atoms with Crippen molar-refractivity contribution < 1.29 is 18.8 Å². The van der Waals surface area contributed by atoms with Gasteiger partial charge in [-0.2, -0.15) is 4.98 Å². The van der Waals surface area contributed by atoms with Crippen LogP contribution >= 0.6 is 0 Å². The maximum absolute atomic E-state index is 12.5. The van der Waals surface area contributed by atoms with Gasteiger partial charge in [-0.15, -0.1) is 0 Å². The fourth-order valence-corrected chi connectivity index (χ4v) is 4.02. The summed E-state index contributed by atoms with van der Waals surface area (Å²) in [6, 6.07) is 7.53. The molecule has 8 nitrogen and oxygen atoms in total. The summed E-state index contributed by atoms with van der Waals surface area (Å²) < 4.78 is 16.2. The number of carbonyl (C=O) groups excluding carboxylic acids is 1. The molecule has 1 unspecified atom stereocenters. The summed E-state index contributed by atoms with van der Waals surface area (Å²) in [5.41, 5.74) is 0.878. The molecule has 3 heterocycles. The third kappa shape index (κ3) is 5.37. The Morgan fingerprint density at radius 3 is 2.70 bits per heavy atom. The number of hydrogen-bond acceptors (Lipinski definition) is 7. The van der Waals surface area contributed by atoms with Crippen LogP contribution in [0, 0.1) is 0 Å². The van der Waals surface area contributed by atoms with Gasteiger partial charge in [0.15, 0.2) is 0 Å². The Morgan fingerprint density at radius 2 is 2.00 bits per heavy atom. The lowest BCUT2D eigenvalue weighted by molar-refractivity contribution is -0.133. The van der Waals surface area contributed by atoms with Crippen LogP contribution in [0.25, 0.3) is 11.4 Å². The number of nitrogens with zero attached hydrogens (tertiary/aromatic N) is 4. The van der Waals surface area contributed by atoms with Gasteiger partial charge in [-0.1, -0.05) is 5.16 Å². The third-order valence-electron chi connectivity index (χ3n) is 5.81. The van der Waals surface area contributed by atoms with Crippen molar-refractivity contribution >= 4 is 5.91 Å². The van der Waals surface area contributed by atoms with Crippen LogP contribution in [0.2, 0.25) is 0 Å². The third-order valence-corrected chi connectivity index (χ3v) is 5.81. The van der Waals surface area contributed by atoms with Gasteiger partial charge in [0.1, 0.15) is 5.75 Å². The highest BCUT2D eigenvalue weighted by Crippen LogP contribution is 2.20. The first-order valence-corrected chi connectivity index (χ1v) is 10.8. The number of ether oxygens (including phenoxy) is 2. The first-order chi connectivity index (χ1) is 14.7. The average Bonchev–Trinajstić information content (AvgIpc) is 3.47. The minimum absolute atomic E-state index is 0.210. The van der Waals surface area contributed by atoms with Crippen molar-refractivity contribution in [2.45, 2.75) is 38.2 Å². The molecule has 2 aromatic rings. The van der Waals surface area contributed by atoms with E-state index in [2.05, 4.69) is 15.0 Å². The zero-order valence-electron chi connectivity index (χ0n) is 17.6. The number of rotatable bonds is 8. The molecule has 30 heavy (non-hydrogen) atoms. The van der Waals surface area contributed by atoms with Crippen LogP contribution in [-0.2, 0) is 16.0 Å². The van der Waals surface area contributed by atoms with Crippen molar-refractivity contribution in [3.8, 4) is 17.1 Å². The topological polar surface area (TPSA) is 80.9 Å². The zero-order valence-corrected chi connectivity index (χ0v) is 17.6. The summed E-state index contributed by atoms with van der Waals surface area (Å²) in [4.78, 5) is 21.4. The van der Waals surface area contributed by atoms with Gasteiger partial charge in [-0.3, -0.25) is 9.69 Å². The number of piperazine rings is 1. The lowest BCUT2D eigenvalue weighted by atomic mass is 10.2. The molecule has 8 heteroatoms. The molecule has 2 fully saturated rings. The predicted octanol–water partition coefficient (Wildman–Crippen LogP) is 2.39. The van der Waals surface area contributed by atoms with Gasteiger partial charge in [0.2, 0.25) is 17.6 Å².